The molecule has 0 aliphatic rings. The highest BCUT2D eigenvalue weighted by atomic mass is 32.1. The smallest absolute Gasteiger partial charge is 0.334 e. The van der Waals surface area contributed by atoms with Gasteiger partial charge in [-0.05, 0) is 19.1 Å². The molecule has 1 aromatic heterocycles. The molecule has 2 unspecified atom stereocenters. The summed E-state index contributed by atoms with van der Waals surface area (Å²) in [4.78, 5) is 14.2. The Bertz CT molecular complexity index is 469. The third-order valence-corrected chi connectivity index (χ3v) is 3.05. The van der Waals surface area contributed by atoms with E-state index in [4.69, 9.17) is 4.74 Å². The van der Waals surface area contributed by atoms with Crippen LogP contribution in [0.15, 0.2) is 6.20 Å². The average Bonchev–Trinajstić information content (AvgIpc) is 2.37. The van der Waals surface area contributed by atoms with Crippen molar-refractivity contribution in [3.63, 3.8) is 0 Å². The molecule has 2 N–H and O–H groups in total. The Kier molecular flexibility index (Phi) is 5.52. The number of hydrogen-bond donors (Lipinski definition) is 3. The molecule has 19 heavy (non-hydrogen) atoms. The van der Waals surface area contributed by atoms with Crippen molar-refractivity contribution in [2.75, 3.05) is 12.9 Å². The van der Waals surface area contributed by atoms with Gasteiger partial charge in [-0.2, -0.15) is 12.6 Å². The summed E-state index contributed by atoms with van der Waals surface area (Å²) in [5.74, 6) is 0.269. The molecule has 1 aromatic rings. The van der Waals surface area contributed by atoms with Gasteiger partial charge >= 0.3 is 5.69 Å². The third-order valence-electron chi connectivity index (χ3n) is 2.80. The summed E-state index contributed by atoms with van der Waals surface area (Å²) in [6, 6.07) is 0. The summed E-state index contributed by atoms with van der Waals surface area (Å²) >= 11 is 3.96. The predicted octanol–water partition coefficient (Wildman–Crippen LogP) is 1.02. The second kappa shape index (κ2) is 6.69. The van der Waals surface area contributed by atoms with Crippen molar-refractivity contribution in [2.45, 2.75) is 25.6 Å². The van der Waals surface area contributed by atoms with Crippen LogP contribution in [0.3, 0.4) is 0 Å². The maximum Gasteiger partial charge on any atom is 0.334 e. The van der Waals surface area contributed by atoms with Gasteiger partial charge in [0, 0.05) is 17.3 Å². The molecule has 0 amide bonds. The molecule has 0 bridgehead atoms. The predicted molar refractivity (Wildman–Crippen MR) is 71.6 cm³/mol. The maximum absolute atomic E-state index is 11.0. The minimum absolute atomic E-state index is 0.123. The average molecular weight is 288 g/mol. The fraction of sp³-hybridized carbons (Fsp3) is 0.545. The van der Waals surface area contributed by atoms with Crippen LogP contribution in [0.4, 0.5) is 5.69 Å². The number of nitro groups is 1. The normalized spacial score (nSPS) is 13.9. The van der Waals surface area contributed by atoms with E-state index in [-0.39, 0.29) is 29.1 Å². The van der Waals surface area contributed by atoms with Gasteiger partial charge in [0.2, 0.25) is 0 Å². The summed E-state index contributed by atoms with van der Waals surface area (Å²) in [5.41, 5.74) is 0.126. The van der Waals surface area contributed by atoms with Crippen molar-refractivity contribution >= 4 is 18.3 Å². The number of hydrogen-bond acceptors (Lipinski definition) is 7. The van der Waals surface area contributed by atoms with E-state index in [0.717, 1.165) is 0 Å². The van der Waals surface area contributed by atoms with Crippen molar-refractivity contribution < 1.29 is 19.9 Å². The second-order valence-corrected chi connectivity index (χ2v) is 4.43. The van der Waals surface area contributed by atoms with Crippen molar-refractivity contribution in [3.8, 4) is 5.88 Å². The highest BCUT2D eigenvalue weighted by Gasteiger charge is 2.28. The topological polar surface area (TPSA) is 106 Å². The number of aliphatic hydroxyl groups is 2. The Morgan fingerprint density at radius 3 is 2.68 bits per heavy atom. The van der Waals surface area contributed by atoms with Gasteiger partial charge in [-0.25, -0.2) is 4.98 Å². The molecule has 0 aliphatic heterocycles. The van der Waals surface area contributed by atoms with E-state index in [1.54, 1.807) is 0 Å². The fourth-order valence-corrected chi connectivity index (χ4v) is 2.01. The monoisotopic (exact) mass is 288 g/mol. The standard InChI is InChI=1S/C11H16N2O5S/c1-6-7(10(15)8(14)3-4-19)5-12-11(18-2)9(6)13(16)17/h5,8,10,14-15,19H,3-4H2,1-2H3. The molecule has 1 rings (SSSR count). The van der Waals surface area contributed by atoms with Crippen LogP contribution < -0.4 is 4.74 Å². The first-order chi connectivity index (χ1) is 8.93. The van der Waals surface area contributed by atoms with Gasteiger partial charge in [-0.1, -0.05) is 0 Å². The molecule has 8 heteroatoms. The molecule has 0 saturated heterocycles. The minimum atomic E-state index is -1.25. The third kappa shape index (κ3) is 3.34. The number of thiol groups is 1. The summed E-state index contributed by atoms with van der Waals surface area (Å²) in [5, 5.41) is 30.7. The molecular weight excluding hydrogens is 272 g/mol. The molecule has 0 aromatic carbocycles. The maximum atomic E-state index is 11.0. The number of ether oxygens (including phenoxy) is 1. The largest absolute Gasteiger partial charge is 0.476 e. The van der Waals surface area contributed by atoms with Gasteiger partial charge in [-0.3, -0.25) is 10.1 Å². The summed E-state index contributed by atoms with van der Waals surface area (Å²) < 4.78 is 4.82. The Morgan fingerprint density at radius 1 is 1.58 bits per heavy atom. The minimum Gasteiger partial charge on any atom is -0.476 e. The van der Waals surface area contributed by atoms with E-state index in [9.17, 15) is 20.3 Å². The van der Waals surface area contributed by atoms with Crippen LogP contribution in [-0.4, -0.2) is 39.1 Å². The van der Waals surface area contributed by atoms with Crippen LogP contribution in [0.1, 0.15) is 23.7 Å². The zero-order valence-corrected chi connectivity index (χ0v) is 11.5. The molecule has 0 radical (unpaired) electrons. The Labute approximate surface area is 115 Å². The van der Waals surface area contributed by atoms with E-state index >= 15 is 0 Å². The molecule has 0 spiro atoms. The van der Waals surface area contributed by atoms with E-state index in [1.807, 2.05) is 0 Å². The lowest BCUT2D eigenvalue weighted by Crippen LogP contribution is -2.20. The lowest BCUT2D eigenvalue weighted by atomic mass is 9.99. The van der Waals surface area contributed by atoms with Crippen LogP contribution in [-0.2, 0) is 0 Å². The highest BCUT2D eigenvalue weighted by molar-refractivity contribution is 7.80. The van der Waals surface area contributed by atoms with Crippen LogP contribution >= 0.6 is 12.6 Å². The molecule has 0 fully saturated rings. The molecular formula is C11H16N2O5S. The van der Waals surface area contributed by atoms with Crippen molar-refractivity contribution in [1.82, 2.24) is 4.98 Å². The molecule has 0 saturated carbocycles. The zero-order chi connectivity index (χ0) is 14.6. The Hall–Kier alpha value is -1.38. The highest BCUT2D eigenvalue weighted by Crippen LogP contribution is 2.34. The van der Waals surface area contributed by atoms with E-state index < -0.39 is 17.1 Å². The van der Waals surface area contributed by atoms with Gasteiger partial charge in [0.1, 0.15) is 6.10 Å². The summed E-state index contributed by atoms with van der Waals surface area (Å²) in [6.45, 7) is 1.48. The number of nitrogens with zero attached hydrogens (tertiary/aromatic N) is 2. The first kappa shape index (κ1) is 15.7. The SMILES string of the molecule is COc1ncc(C(O)C(O)CCS)c(C)c1[N+](=O)[O-]. The van der Waals surface area contributed by atoms with E-state index in [1.165, 1.54) is 20.2 Å². The summed E-state index contributed by atoms with van der Waals surface area (Å²) in [7, 11) is 1.28. The van der Waals surface area contributed by atoms with Crippen molar-refractivity contribution in [2.24, 2.45) is 0 Å². The lowest BCUT2D eigenvalue weighted by molar-refractivity contribution is -0.386. The van der Waals surface area contributed by atoms with Crippen LogP contribution in [0.2, 0.25) is 0 Å². The Morgan fingerprint density at radius 2 is 2.21 bits per heavy atom. The van der Waals surface area contributed by atoms with Crippen molar-refractivity contribution in [3.05, 3.63) is 27.4 Å². The zero-order valence-electron chi connectivity index (χ0n) is 10.6. The first-order valence-electron chi connectivity index (χ1n) is 5.58. The number of rotatable bonds is 6. The quantitative estimate of drug-likeness (QED) is 0.410. The van der Waals surface area contributed by atoms with E-state index in [0.29, 0.717) is 5.75 Å². The summed E-state index contributed by atoms with van der Waals surface area (Å²) in [6.07, 6.45) is -0.757. The number of aromatic nitrogens is 1. The van der Waals surface area contributed by atoms with Crippen molar-refractivity contribution in [1.29, 1.82) is 0 Å². The molecule has 0 aliphatic carbocycles. The molecule has 2 atom stereocenters. The van der Waals surface area contributed by atoms with Gasteiger partial charge in [0.15, 0.2) is 0 Å². The number of methoxy groups -OCH3 is 1. The molecule has 106 valence electrons. The Balaban J connectivity index is 3.23. The van der Waals surface area contributed by atoms with E-state index in [2.05, 4.69) is 17.6 Å². The number of pyridine rings is 1. The fourth-order valence-electron chi connectivity index (χ4n) is 1.74. The molecule has 1 heterocycles. The van der Waals surface area contributed by atoms with Crippen LogP contribution in [0.5, 0.6) is 5.88 Å². The van der Waals surface area contributed by atoms with Gasteiger partial charge < -0.3 is 14.9 Å². The second-order valence-electron chi connectivity index (χ2n) is 3.98. The van der Waals surface area contributed by atoms with Gasteiger partial charge in [0.25, 0.3) is 5.88 Å². The van der Waals surface area contributed by atoms with Crippen LogP contribution in [0.25, 0.3) is 0 Å². The van der Waals surface area contributed by atoms with Crippen LogP contribution in [0, 0.1) is 17.0 Å². The molecule has 7 nitrogen and oxygen atoms in total. The number of aliphatic hydroxyl groups excluding tert-OH is 2. The van der Waals surface area contributed by atoms with Gasteiger partial charge in [-0.15, -0.1) is 0 Å². The first-order valence-corrected chi connectivity index (χ1v) is 6.22. The lowest BCUT2D eigenvalue weighted by Gasteiger charge is -2.19. The van der Waals surface area contributed by atoms with Gasteiger partial charge in [0.05, 0.1) is 18.1 Å².